The Labute approximate surface area is 183 Å². The second-order valence-corrected chi connectivity index (χ2v) is 7.25. The van der Waals surface area contributed by atoms with Gasteiger partial charge in [0.15, 0.2) is 11.5 Å². The third-order valence-corrected chi connectivity index (χ3v) is 4.79. The predicted molar refractivity (Wildman–Crippen MR) is 116 cm³/mol. The molecule has 2 aromatic carbocycles. The van der Waals surface area contributed by atoms with Crippen LogP contribution in [-0.2, 0) is 6.61 Å². The van der Waals surface area contributed by atoms with Gasteiger partial charge in [-0.25, -0.2) is 0 Å². The summed E-state index contributed by atoms with van der Waals surface area (Å²) in [5, 5.41) is 1.06. The summed E-state index contributed by atoms with van der Waals surface area (Å²) in [5.41, 5.74) is 2.10. The molecule has 0 saturated heterocycles. The number of pyridine rings is 1. The van der Waals surface area contributed by atoms with Crippen LogP contribution < -0.4 is 9.47 Å². The Kier molecular flexibility index (Phi) is 7.15. The minimum atomic E-state index is -0.133. The van der Waals surface area contributed by atoms with E-state index in [0.29, 0.717) is 32.1 Å². The molecule has 0 atom stereocenters. The number of allylic oxidation sites excluding steroid dienone is 1. The highest BCUT2D eigenvalue weighted by molar-refractivity contribution is 6.40. The van der Waals surface area contributed by atoms with Gasteiger partial charge in [0.1, 0.15) is 12.4 Å². The van der Waals surface area contributed by atoms with E-state index in [0.717, 1.165) is 11.1 Å². The molecule has 0 amide bonds. The largest absolute Gasteiger partial charge is 0.496 e. The molecule has 0 aliphatic carbocycles. The van der Waals surface area contributed by atoms with Gasteiger partial charge in [-0.2, -0.15) is 0 Å². The first-order valence-electron chi connectivity index (χ1n) is 8.54. The number of rotatable bonds is 7. The van der Waals surface area contributed by atoms with Gasteiger partial charge in [-0.1, -0.05) is 46.9 Å². The third-order valence-electron chi connectivity index (χ3n) is 4.01. The van der Waals surface area contributed by atoms with Crippen molar-refractivity contribution in [3.05, 3.63) is 92.7 Å². The number of ether oxygens (including phenoxy) is 2. The van der Waals surface area contributed by atoms with Crippen LogP contribution in [0.4, 0.5) is 0 Å². The molecule has 0 radical (unpaired) electrons. The van der Waals surface area contributed by atoms with Crippen molar-refractivity contribution in [2.45, 2.75) is 6.61 Å². The zero-order valence-electron chi connectivity index (χ0n) is 15.4. The van der Waals surface area contributed by atoms with E-state index in [1.165, 1.54) is 12.3 Å². The highest BCUT2D eigenvalue weighted by atomic mass is 35.5. The standard InChI is InChI=1S/C22H16Cl3NO3/c1-28-21-7-5-14(4-6-20(27)15-3-2-8-26-12-15)9-16(21)13-29-22-18(24)10-17(23)11-19(22)25/h2-12H,13H2,1H3/b6-4+. The van der Waals surface area contributed by atoms with E-state index in [-0.39, 0.29) is 12.4 Å². The summed E-state index contributed by atoms with van der Waals surface area (Å²) in [7, 11) is 1.57. The summed E-state index contributed by atoms with van der Waals surface area (Å²) >= 11 is 18.3. The van der Waals surface area contributed by atoms with E-state index in [9.17, 15) is 4.79 Å². The first-order valence-corrected chi connectivity index (χ1v) is 9.68. The highest BCUT2D eigenvalue weighted by Gasteiger charge is 2.12. The average molecular weight is 449 g/mol. The number of carbonyl (C=O) groups excluding carboxylic acids is 1. The maximum atomic E-state index is 12.2. The van der Waals surface area contributed by atoms with Crippen molar-refractivity contribution in [1.29, 1.82) is 0 Å². The molecule has 148 valence electrons. The van der Waals surface area contributed by atoms with Gasteiger partial charge in [-0.3, -0.25) is 9.78 Å². The Morgan fingerprint density at radius 1 is 1.10 bits per heavy atom. The fraction of sp³-hybridized carbons (Fsp3) is 0.0909. The Bertz CT molecular complexity index is 1030. The van der Waals surface area contributed by atoms with Gasteiger partial charge in [0.2, 0.25) is 0 Å². The van der Waals surface area contributed by atoms with Crippen LogP contribution in [0.5, 0.6) is 11.5 Å². The number of ketones is 1. The molecule has 0 spiro atoms. The van der Waals surface area contributed by atoms with Crippen LogP contribution >= 0.6 is 34.8 Å². The smallest absolute Gasteiger partial charge is 0.187 e. The minimum Gasteiger partial charge on any atom is -0.496 e. The molecular formula is C22H16Cl3NO3. The van der Waals surface area contributed by atoms with Gasteiger partial charge in [0.05, 0.1) is 17.2 Å². The molecular weight excluding hydrogens is 433 g/mol. The quantitative estimate of drug-likeness (QED) is 0.305. The van der Waals surface area contributed by atoms with Crippen LogP contribution in [0.3, 0.4) is 0 Å². The first kappa shape index (κ1) is 21.2. The topological polar surface area (TPSA) is 48.4 Å². The van der Waals surface area contributed by atoms with Crippen LogP contribution in [0, 0.1) is 0 Å². The molecule has 0 saturated carbocycles. The molecule has 0 bridgehead atoms. The van der Waals surface area contributed by atoms with E-state index in [2.05, 4.69) is 4.98 Å². The number of aromatic nitrogens is 1. The van der Waals surface area contributed by atoms with E-state index in [1.54, 1.807) is 49.7 Å². The van der Waals surface area contributed by atoms with E-state index >= 15 is 0 Å². The van der Waals surface area contributed by atoms with Gasteiger partial charge >= 0.3 is 0 Å². The van der Waals surface area contributed by atoms with Crippen molar-refractivity contribution >= 4 is 46.7 Å². The molecule has 1 heterocycles. The lowest BCUT2D eigenvalue weighted by Crippen LogP contribution is -2.00. The van der Waals surface area contributed by atoms with Gasteiger partial charge in [0, 0.05) is 28.5 Å². The van der Waals surface area contributed by atoms with Crippen molar-refractivity contribution in [3.63, 3.8) is 0 Å². The fourth-order valence-electron chi connectivity index (χ4n) is 2.61. The number of hydrogen-bond acceptors (Lipinski definition) is 4. The molecule has 4 nitrogen and oxygen atoms in total. The van der Waals surface area contributed by atoms with E-state index < -0.39 is 0 Å². The molecule has 0 aliphatic heterocycles. The van der Waals surface area contributed by atoms with Crippen molar-refractivity contribution in [2.75, 3.05) is 7.11 Å². The van der Waals surface area contributed by atoms with Crippen LogP contribution in [0.15, 0.2) is 60.9 Å². The molecule has 0 aliphatic rings. The molecule has 29 heavy (non-hydrogen) atoms. The van der Waals surface area contributed by atoms with Gasteiger partial charge in [0.25, 0.3) is 0 Å². The molecule has 7 heteroatoms. The third kappa shape index (κ3) is 5.51. The fourth-order valence-corrected chi connectivity index (χ4v) is 3.53. The summed E-state index contributed by atoms with van der Waals surface area (Å²) < 4.78 is 11.2. The van der Waals surface area contributed by atoms with Crippen LogP contribution in [0.2, 0.25) is 15.1 Å². The Hall–Kier alpha value is -2.53. The Morgan fingerprint density at radius 2 is 1.86 bits per heavy atom. The second kappa shape index (κ2) is 9.79. The minimum absolute atomic E-state index is 0.133. The Morgan fingerprint density at radius 3 is 2.52 bits per heavy atom. The van der Waals surface area contributed by atoms with Crippen molar-refractivity contribution in [1.82, 2.24) is 4.98 Å². The van der Waals surface area contributed by atoms with Gasteiger partial charge < -0.3 is 9.47 Å². The summed E-state index contributed by atoms with van der Waals surface area (Å²) in [6.45, 7) is 0.169. The molecule has 0 unspecified atom stereocenters. The summed E-state index contributed by atoms with van der Waals surface area (Å²) in [5.74, 6) is 0.848. The van der Waals surface area contributed by atoms with Crippen molar-refractivity contribution < 1.29 is 14.3 Å². The zero-order valence-corrected chi connectivity index (χ0v) is 17.6. The highest BCUT2D eigenvalue weighted by Crippen LogP contribution is 2.36. The number of methoxy groups -OCH3 is 1. The maximum Gasteiger partial charge on any atom is 0.187 e. The lowest BCUT2D eigenvalue weighted by atomic mass is 10.1. The number of halogens is 3. The summed E-state index contributed by atoms with van der Waals surface area (Å²) in [6.07, 6.45) is 6.37. The molecule has 3 rings (SSSR count). The van der Waals surface area contributed by atoms with E-state index in [1.807, 2.05) is 12.1 Å². The molecule has 0 fully saturated rings. The zero-order chi connectivity index (χ0) is 20.8. The van der Waals surface area contributed by atoms with Gasteiger partial charge in [-0.15, -0.1) is 0 Å². The van der Waals surface area contributed by atoms with Gasteiger partial charge in [-0.05, 0) is 48.0 Å². The van der Waals surface area contributed by atoms with Crippen LogP contribution in [0.1, 0.15) is 21.5 Å². The van der Waals surface area contributed by atoms with Crippen molar-refractivity contribution in [2.24, 2.45) is 0 Å². The number of nitrogens with zero attached hydrogens (tertiary/aromatic N) is 1. The first-order chi connectivity index (χ1) is 14.0. The normalized spacial score (nSPS) is 10.9. The summed E-state index contributed by atoms with van der Waals surface area (Å²) in [4.78, 5) is 16.2. The monoisotopic (exact) mass is 447 g/mol. The lowest BCUT2D eigenvalue weighted by molar-refractivity contribution is 0.104. The van der Waals surface area contributed by atoms with Crippen molar-refractivity contribution in [3.8, 4) is 11.5 Å². The Balaban J connectivity index is 1.79. The number of carbonyl (C=O) groups is 1. The second-order valence-electron chi connectivity index (χ2n) is 6.00. The molecule has 1 aromatic heterocycles. The number of hydrogen-bond donors (Lipinski definition) is 0. The predicted octanol–water partition coefficient (Wildman–Crippen LogP) is 6.53. The summed E-state index contributed by atoms with van der Waals surface area (Å²) in [6, 6.07) is 12.1. The maximum absolute atomic E-state index is 12.2. The van der Waals surface area contributed by atoms with E-state index in [4.69, 9.17) is 44.3 Å². The average Bonchev–Trinajstić information content (AvgIpc) is 2.72. The van der Waals surface area contributed by atoms with Crippen LogP contribution in [0.25, 0.3) is 6.08 Å². The SMILES string of the molecule is COc1ccc(/C=C/C(=O)c2cccnc2)cc1COc1c(Cl)cc(Cl)cc1Cl. The number of benzene rings is 2. The molecule has 0 N–H and O–H groups in total. The van der Waals surface area contributed by atoms with Crippen LogP contribution in [-0.4, -0.2) is 17.9 Å². The molecule has 3 aromatic rings. The lowest BCUT2D eigenvalue weighted by Gasteiger charge is -2.13.